The summed E-state index contributed by atoms with van der Waals surface area (Å²) in [7, 11) is 0. The fourth-order valence-corrected chi connectivity index (χ4v) is 4.99. The van der Waals surface area contributed by atoms with Crippen molar-refractivity contribution < 1.29 is 9.59 Å². The molecule has 0 aliphatic rings. The first-order chi connectivity index (χ1) is 12.8. The molecule has 0 aliphatic heterocycles. The number of anilines is 1. The average Bonchev–Trinajstić information content (AvgIpc) is 2.93. The molecule has 0 fully saturated rings. The van der Waals surface area contributed by atoms with Crippen molar-refractivity contribution in [3.63, 3.8) is 0 Å². The number of nitrogens with one attached hydrogen (secondary N) is 2. The van der Waals surface area contributed by atoms with E-state index in [4.69, 9.17) is 34.8 Å². The number of aryl methyl sites for hydroxylation is 2. The van der Waals surface area contributed by atoms with Gasteiger partial charge >= 0.3 is 0 Å². The van der Waals surface area contributed by atoms with Crippen LogP contribution in [0.3, 0.4) is 0 Å². The number of fused-ring (bicyclic) bond motifs is 1. The minimum Gasteiger partial charge on any atom is -0.342 e. The Hall–Kier alpha value is -1.79. The Morgan fingerprint density at radius 3 is 2.41 bits per heavy atom. The second-order valence-electron chi connectivity index (χ2n) is 6.00. The Kier molecular flexibility index (Phi) is 5.96. The van der Waals surface area contributed by atoms with E-state index in [0.717, 1.165) is 16.8 Å². The van der Waals surface area contributed by atoms with Gasteiger partial charge in [0.1, 0.15) is 4.88 Å². The van der Waals surface area contributed by atoms with E-state index in [1.54, 1.807) is 12.1 Å². The average molecular weight is 442 g/mol. The fourth-order valence-electron chi connectivity index (χ4n) is 2.69. The molecule has 2 amide bonds. The summed E-state index contributed by atoms with van der Waals surface area (Å²) in [4.78, 5) is 25.0. The monoisotopic (exact) mass is 440 g/mol. The van der Waals surface area contributed by atoms with Gasteiger partial charge in [-0.2, -0.15) is 0 Å². The summed E-state index contributed by atoms with van der Waals surface area (Å²) in [6.07, 6.45) is 0. The van der Waals surface area contributed by atoms with Crippen molar-refractivity contribution in [3.05, 3.63) is 61.4 Å². The number of carbonyl (C=O) groups excluding carboxylic acids is 2. The molecule has 1 heterocycles. The zero-order valence-corrected chi connectivity index (χ0v) is 17.5. The maximum atomic E-state index is 12.5. The maximum absolute atomic E-state index is 12.5. The maximum Gasteiger partial charge on any atom is 0.263 e. The number of hydrogen-bond donors (Lipinski definition) is 2. The number of rotatable bonds is 4. The third kappa shape index (κ3) is 4.22. The molecule has 8 heteroatoms. The van der Waals surface area contributed by atoms with Crippen LogP contribution in [0.2, 0.25) is 15.1 Å². The molecule has 3 rings (SSSR count). The first kappa shape index (κ1) is 20.0. The summed E-state index contributed by atoms with van der Waals surface area (Å²) in [5, 5.41) is 7.09. The van der Waals surface area contributed by atoms with Crippen molar-refractivity contribution in [2.45, 2.75) is 13.8 Å². The molecule has 0 bridgehead atoms. The Labute approximate surface area is 175 Å². The van der Waals surface area contributed by atoms with Gasteiger partial charge in [0.05, 0.1) is 16.6 Å². The minimum atomic E-state index is -0.440. The number of thiophene rings is 1. The molecule has 27 heavy (non-hydrogen) atoms. The van der Waals surface area contributed by atoms with E-state index in [1.165, 1.54) is 11.3 Å². The van der Waals surface area contributed by atoms with Crippen LogP contribution in [0.4, 0.5) is 5.69 Å². The highest BCUT2D eigenvalue weighted by Crippen LogP contribution is 2.41. The van der Waals surface area contributed by atoms with Gasteiger partial charge in [-0.15, -0.1) is 11.3 Å². The third-order valence-corrected chi connectivity index (χ3v) is 6.15. The van der Waals surface area contributed by atoms with Crippen LogP contribution in [0.15, 0.2) is 30.3 Å². The summed E-state index contributed by atoms with van der Waals surface area (Å²) >= 11 is 19.7. The highest BCUT2D eigenvalue weighted by molar-refractivity contribution is 7.21. The van der Waals surface area contributed by atoms with E-state index in [9.17, 15) is 9.59 Å². The highest BCUT2D eigenvalue weighted by atomic mass is 35.5. The molecule has 0 spiro atoms. The lowest BCUT2D eigenvalue weighted by atomic mass is 10.1. The smallest absolute Gasteiger partial charge is 0.263 e. The molecule has 3 aromatic rings. The van der Waals surface area contributed by atoms with Crippen molar-refractivity contribution in [1.29, 1.82) is 0 Å². The van der Waals surface area contributed by atoms with Crippen molar-refractivity contribution in [3.8, 4) is 0 Å². The molecule has 0 saturated heterocycles. The Balaban J connectivity index is 1.73. The molecular weight excluding hydrogens is 427 g/mol. The Morgan fingerprint density at radius 2 is 1.74 bits per heavy atom. The molecule has 1 aromatic heterocycles. The first-order valence-electron chi connectivity index (χ1n) is 7.99. The molecule has 4 nitrogen and oxygen atoms in total. The molecule has 2 N–H and O–H groups in total. The molecule has 140 valence electrons. The lowest BCUT2D eigenvalue weighted by Crippen LogP contribution is -2.32. The van der Waals surface area contributed by atoms with Gasteiger partial charge in [0.15, 0.2) is 0 Å². The zero-order valence-electron chi connectivity index (χ0n) is 14.5. The summed E-state index contributed by atoms with van der Waals surface area (Å²) in [5.74, 6) is -0.760. The number of hydrogen-bond acceptors (Lipinski definition) is 3. The van der Waals surface area contributed by atoms with Gasteiger partial charge in [-0.05, 0) is 37.1 Å². The van der Waals surface area contributed by atoms with Crippen LogP contribution in [0.25, 0.3) is 10.1 Å². The third-order valence-electron chi connectivity index (χ3n) is 4.01. The van der Waals surface area contributed by atoms with Crippen LogP contribution in [-0.2, 0) is 4.79 Å². The van der Waals surface area contributed by atoms with Gasteiger partial charge in [0.2, 0.25) is 5.91 Å². The first-order valence-corrected chi connectivity index (χ1v) is 9.94. The van der Waals surface area contributed by atoms with Crippen LogP contribution in [0.1, 0.15) is 20.8 Å². The second-order valence-corrected chi connectivity index (χ2v) is 8.28. The number of amides is 2. The van der Waals surface area contributed by atoms with Gasteiger partial charge in [-0.25, -0.2) is 0 Å². The number of para-hydroxylation sites is 1. The molecule has 0 saturated carbocycles. The predicted molar refractivity (Wildman–Crippen MR) is 114 cm³/mol. The van der Waals surface area contributed by atoms with E-state index >= 15 is 0 Å². The number of halogens is 3. The number of benzene rings is 2. The van der Waals surface area contributed by atoms with E-state index in [2.05, 4.69) is 10.6 Å². The van der Waals surface area contributed by atoms with Crippen LogP contribution in [0, 0.1) is 13.8 Å². The van der Waals surface area contributed by atoms with Crippen LogP contribution >= 0.6 is 46.1 Å². The van der Waals surface area contributed by atoms with Crippen molar-refractivity contribution >= 4 is 73.7 Å². The van der Waals surface area contributed by atoms with Gasteiger partial charge in [0.25, 0.3) is 5.91 Å². The van der Waals surface area contributed by atoms with Crippen LogP contribution in [-0.4, -0.2) is 18.4 Å². The van der Waals surface area contributed by atoms with E-state index in [-0.39, 0.29) is 22.4 Å². The normalized spacial score (nSPS) is 10.9. The topological polar surface area (TPSA) is 58.2 Å². The Bertz CT molecular complexity index is 1040. The largest absolute Gasteiger partial charge is 0.342 e. The van der Waals surface area contributed by atoms with Crippen molar-refractivity contribution in [1.82, 2.24) is 5.32 Å². The van der Waals surface area contributed by atoms with Crippen molar-refractivity contribution in [2.75, 3.05) is 11.9 Å². The van der Waals surface area contributed by atoms with E-state index in [1.807, 2.05) is 32.0 Å². The molecule has 0 unspecified atom stereocenters. The van der Waals surface area contributed by atoms with E-state index in [0.29, 0.717) is 20.1 Å². The molecule has 2 aromatic carbocycles. The molecule has 0 aliphatic carbocycles. The standard InChI is InChI=1S/C19H15Cl3N2O2S/c1-9-4-3-5-10(2)17(9)24-14(25)8-23-19(26)18-16(22)15-12(21)6-11(20)7-13(15)27-18/h3-7H,8H2,1-2H3,(H,23,26)(H,24,25). The minimum absolute atomic E-state index is 0.175. The van der Waals surface area contributed by atoms with Gasteiger partial charge in [-0.1, -0.05) is 53.0 Å². The van der Waals surface area contributed by atoms with Crippen LogP contribution < -0.4 is 10.6 Å². The van der Waals surface area contributed by atoms with Gasteiger partial charge in [-0.3, -0.25) is 9.59 Å². The second kappa shape index (κ2) is 8.07. The summed E-state index contributed by atoms with van der Waals surface area (Å²) < 4.78 is 0.711. The number of carbonyl (C=O) groups is 2. The SMILES string of the molecule is Cc1cccc(C)c1NC(=O)CNC(=O)c1sc2cc(Cl)cc(Cl)c2c1Cl. The molecule has 0 atom stereocenters. The molecule has 0 radical (unpaired) electrons. The highest BCUT2D eigenvalue weighted by Gasteiger charge is 2.20. The van der Waals surface area contributed by atoms with E-state index < -0.39 is 5.91 Å². The van der Waals surface area contributed by atoms with Gasteiger partial charge in [0, 0.05) is 20.8 Å². The quantitative estimate of drug-likeness (QED) is 0.534. The van der Waals surface area contributed by atoms with Gasteiger partial charge < -0.3 is 10.6 Å². The van der Waals surface area contributed by atoms with Crippen LogP contribution in [0.5, 0.6) is 0 Å². The lowest BCUT2D eigenvalue weighted by molar-refractivity contribution is -0.115. The summed E-state index contributed by atoms with van der Waals surface area (Å²) in [6.45, 7) is 3.64. The Morgan fingerprint density at radius 1 is 1.07 bits per heavy atom. The molecular formula is C19H15Cl3N2O2S. The zero-order chi connectivity index (χ0) is 19.7. The lowest BCUT2D eigenvalue weighted by Gasteiger charge is -2.11. The summed E-state index contributed by atoms with van der Waals surface area (Å²) in [6, 6.07) is 9.01. The van der Waals surface area contributed by atoms with Crippen molar-refractivity contribution in [2.24, 2.45) is 0 Å². The fraction of sp³-hybridized carbons (Fsp3) is 0.158. The predicted octanol–water partition coefficient (Wildman–Crippen LogP) is 5.85. The summed E-state index contributed by atoms with van der Waals surface area (Å²) in [5.41, 5.74) is 2.65.